The fourth-order valence-electron chi connectivity index (χ4n) is 2.49. The monoisotopic (exact) mass is 302 g/mol. The molecule has 0 bridgehead atoms. The molecule has 1 fully saturated rings. The number of hydrogen-bond acceptors (Lipinski definition) is 4. The third kappa shape index (κ3) is 2.96. The zero-order chi connectivity index (χ0) is 14.0. The highest BCUT2D eigenvalue weighted by atomic mass is 32.2. The summed E-state index contributed by atoms with van der Waals surface area (Å²) in [6.07, 6.45) is 5.28. The molecule has 0 radical (unpaired) electrons. The van der Waals surface area contributed by atoms with Crippen LogP contribution in [0.3, 0.4) is 0 Å². The van der Waals surface area contributed by atoms with Crippen LogP contribution in [0.15, 0.2) is 17.3 Å². The van der Waals surface area contributed by atoms with Crippen molar-refractivity contribution in [3.63, 3.8) is 0 Å². The Morgan fingerprint density at radius 1 is 1.58 bits per heavy atom. The van der Waals surface area contributed by atoms with Crippen molar-refractivity contribution in [3.05, 3.63) is 12.3 Å². The molecule has 2 N–H and O–H groups in total. The first-order valence-electron chi connectivity index (χ1n) is 6.21. The van der Waals surface area contributed by atoms with Crippen molar-refractivity contribution >= 4 is 27.2 Å². The molecule has 6 nitrogen and oxygen atoms in total. The van der Waals surface area contributed by atoms with Crippen LogP contribution in [0.4, 0.5) is 0 Å². The van der Waals surface area contributed by atoms with Gasteiger partial charge in [-0.1, -0.05) is 25.1 Å². The smallest absolute Gasteiger partial charge is 0.260 e. The molecule has 106 valence electrons. The molecule has 1 heterocycles. The van der Waals surface area contributed by atoms with Gasteiger partial charge in [-0.25, -0.2) is 8.42 Å². The van der Waals surface area contributed by atoms with Gasteiger partial charge in [0.2, 0.25) is 0 Å². The van der Waals surface area contributed by atoms with Crippen molar-refractivity contribution in [3.8, 4) is 0 Å². The summed E-state index contributed by atoms with van der Waals surface area (Å²) in [7, 11) is -1.99. The molecule has 1 aliphatic carbocycles. The number of nitrogens with two attached hydrogens (primary N) is 1. The fourth-order valence-corrected chi connectivity index (χ4v) is 4.48. The number of aromatic nitrogens is 2. The average molecular weight is 302 g/mol. The Bertz CT molecular complexity index is 561. The molecule has 1 aromatic rings. The largest absolute Gasteiger partial charge is 0.392 e. The molecule has 0 aliphatic heterocycles. The quantitative estimate of drug-likeness (QED) is 0.807. The average Bonchev–Trinajstić information content (AvgIpc) is 2.95. The maximum Gasteiger partial charge on any atom is 0.260 e. The fraction of sp³-hybridized carbons (Fsp3) is 0.636. The molecule has 0 amide bonds. The summed E-state index contributed by atoms with van der Waals surface area (Å²) in [6.45, 7) is 0.0908. The Labute approximate surface area is 118 Å². The molecule has 1 aliphatic rings. The number of hydrogen-bond donors (Lipinski definition) is 1. The van der Waals surface area contributed by atoms with Crippen LogP contribution in [-0.2, 0) is 17.1 Å². The second kappa shape index (κ2) is 5.56. The van der Waals surface area contributed by atoms with E-state index in [2.05, 4.69) is 5.10 Å². The van der Waals surface area contributed by atoms with Crippen LogP contribution in [0.25, 0.3) is 0 Å². The zero-order valence-electron chi connectivity index (χ0n) is 10.8. The van der Waals surface area contributed by atoms with Crippen molar-refractivity contribution < 1.29 is 8.42 Å². The van der Waals surface area contributed by atoms with Gasteiger partial charge in [-0.05, 0) is 18.9 Å². The van der Waals surface area contributed by atoms with E-state index in [1.165, 1.54) is 21.3 Å². The first-order chi connectivity index (χ1) is 8.93. The van der Waals surface area contributed by atoms with Gasteiger partial charge >= 0.3 is 0 Å². The van der Waals surface area contributed by atoms with Crippen molar-refractivity contribution in [2.24, 2.45) is 12.8 Å². The minimum atomic E-state index is -3.60. The molecule has 0 aromatic carbocycles. The van der Waals surface area contributed by atoms with Crippen LogP contribution in [0.1, 0.15) is 25.7 Å². The lowest BCUT2D eigenvalue weighted by Crippen LogP contribution is -2.44. The summed E-state index contributed by atoms with van der Waals surface area (Å²) >= 11 is 4.89. The lowest BCUT2D eigenvalue weighted by Gasteiger charge is -2.27. The highest BCUT2D eigenvalue weighted by Gasteiger charge is 2.35. The normalized spacial score (nSPS) is 17.2. The third-order valence-corrected chi connectivity index (χ3v) is 5.50. The molecule has 19 heavy (non-hydrogen) atoms. The molecular weight excluding hydrogens is 284 g/mol. The number of thiocarbonyl (C=S) groups is 1. The van der Waals surface area contributed by atoms with Gasteiger partial charge in [0.1, 0.15) is 0 Å². The van der Waals surface area contributed by atoms with Crippen molar-refractivity contribution in [1.82, 2.24) is 14.1 Å². The van der Waals surface area contributed by atoms with E-state index in [1.807, 2.05) is 0 Å². The van der Waals surface area contributed by atoms with Crippen LogP contribution in [0.5, 0.6) is 0 Å². The molecule has 1 aromatic heterocycles. The van der Waals surface area contributed by atoms with Crippen molar-refractivity contribution in [1.29, 1.82) is 0 Å². The number of rotatable bonds is 5. The Hall–Kier alpha value is -0.990. The zero-order valence-corrected chi connectivity index (χ0v) is 12.5. The van der Waals surface area contributed by atoms with Crippen molar-refractivity contribution in [2.75, 3.05) is 6.54 Å². The van der Waals surface area contributed by atoms with E-state index in [4.69, 9.17) is 18.0 Å². The summed E-state index contributed by atoms with van der Waals surface area (Å²) in [5.41, 5.74) is 5.55. The lowest BCUT2D eigenvalue weighted by molar-refractivity contribution is 0.351. The van der Waals surface area contributed by atoms with Crippen LogP contribution in [0.2, 0.25) is 0 Å². The second-order valence-corrected chi connectivity index (χ2v) is 7.11. The van der Waals surface area contributed by atoms with Gasteiger partial charge < -0.3 is 5.73 Å². The molecule has 1 saturated carbocycles. The van der Waals surface area contributed by atoms with Crippen LogP contribution < -0.4 is 5.73 Å². The minimum absolute atomic E-state index is 0.0126. The molecule has 0 saturated heterocycles. The Kier molecular flexibility index (Phi) is 4.22. The highest BCUT2D eigenvalue weighted by molar-refractivity contribution is 7.89. The molecular formula is C11H18N4O2S2. The van der Waals surface area contributed by atoms with E-state index in [0.717, 1.165) is 25.7 Å². The maximum atomic E-state index is 12.7. The van der Waals surface area contributed by atoms with E-state index >= 15 is 0 Å². The molecule has 0 unspecified atom stereocenters. The van der Waals surface area contributed by atoms with E-state index < -0.39 is 10.0 Å². The Morgan fingerprint density at radius 2 is 2.21 bits per heavy atom. The van der Waals surface area contributed by atoms with E-state index in [9.17, 15) is 8.42 Å². The molecule has 0 atom stereocenters. The topological polar surface area (TPSA) is 81.2 Å². The first-order valence-corrected chi connectivity index (χ1v) is 8.06. The third-order valence-electron chi connectivity index (χ3n) is 3.39. The lowest BCUT2D eigenvalue weighted by atomic mass is 10.2. The second-order valence-electron chi connectivity index (χ2n) is 4.75. The molecule has 2 rings (SSSR count). The minimum Gasteiger partial charge on any atom is -0.392 e. The summed E-state index contributed by atoms with van der Waals surface area (Å²) in [4.78, 5) is 0.192. The SMILES string of the molecule is Cn1nccc1S(=O)(=O)N(CC(N)=S)C1CCCC1. The predicted octanol–water partition coefficient (Wildman–Crippen LogP) is 0.639. The Balaban J connectivity index is 2.36. The molecule has 8 heteroatoms. The van der Waals surface area contributed by atoms with E-state index in [0.29, 0.717) is 0 Å². The van der Waals surface area contributed by atoms with E-state index in [-0.39, 0.29) is 22.6 Å². The number of sulfonamides is 1. The van der Waals surface area contributed by atoms with Crippen molar-refractivity contribution in [2.45, 2.75) is 36.8 Å². The van der Waals surface area contributed by atoms with Gasteiger partial charge in [0.05, 0.1) is 17.7 Å². The van der Waals surface area contributed by atoms with Gasteiger partial charge in [0.25, 0.3) is 10.0 Å². The van der Waals surface area contributed by atoms with Gasteiger partial charge in [0.15, 0.2) is 5.03 Å². The summed E-state index contributed by atoms with van der Waals surface area (Å²) < 4.78 is 28.2. The standard InChI is InChI=1S/C11H18N4O2S2/c1-14-11(6-7-13-14)19(16,17)15(8-10(12)18)9-4-2-3-5-9/h6-7,9H,2-5,8H2,1H3,(H2,12,18). The van der Waals surface area contributed by atoms with Crippen LogP contribution in [-0.4, -0.2) is 40.1 Å². The summed E-state index contributed by atoms with van der Waals surface area (Å²) in [5.74, 6) is 0. The van der Waals surface area contributed by atoms with Crippen LogP contribution in [0, 0.1) is 0 Å². The van der Waals surface area contributed by atoms with Gasteiger partial charge in [0, 0.05) is 13.1 Å². The van der Waals surface area contributed by atoms with E-state index in [1.54, 1.807) is 7.05 Å². The molecule has 0 spiro atoms. The van der Waals surface area contributed by atoms with Gasteiger partial charge in [-0.15, -0.1) is 0 Å². The number of nitrogens with zero attached hydrogens (tertiary/aromatic N) is 3. The predicted molar refractivity (Wildman–Crippen MR) is 76.1 cm³/mol. The van der Waals surface area contributed by atoms with Gasteiger partial charge in [-0.3, -0.25) is 4.68 Å². The summed E-state index contributed by atoms with van der Waals surface area (Å²) in [6, 6.07) is 1.48. The highest BCUT2D eigenvalue weighted by Crippen LogP contribution is 2.28. The summed E-state index contributed by atoms with van der Waals surface area (Å²) in [5, 5.41) is 4.09. The maximum absolute atomic E-state index is 12.7. The Morgan fingerprint density at radius 3 is 2.68 bits per heavy atom. The van der Waals surface area contributed by atoms with Gasteiger partial charge in [-0.2, -0.15) is 9.40 Å². The van der Waals surface area contributed by atoms with Crippen LogP contribution >= 0.6 is 12.2 Å². The first kappa shape index (κ1) is 14.4. The number of aryl methyl sites for hydroxylation is 1.